The highest BCUT2D eigenvalue weighted by Crippen LogP contribution is 2.22. The number of aromatic nitrogens is 1. The average Bonchev–Trinajstić information content (AvgIpc) is 2.62. The van der Waals surface area contributed by atoms with Crippen molar-refractivity contribution >= 4 is 17.0 Å². The van der Waals surface area contributed by atoms with Crippen LogP contribution in [0.2, 0.25) is 0 Å². The second-order valence-electron chi connectivity index (χ2n) is 2.61. The number of thiazole rings is 1. The average molecular weight is 194 g/mol. The van der Waals surface area contributed by atoms with Gasteiger partial charge < -0.3 is 5.73 Å². The van der Waals surface area contributed by atoms with E-state index in [9.17, 15) is 4.39 Å². The van der Waals surface area contributed by atoms with E-state index in [0.717, 1.165) is 11.3 Å². The van der Waals surface area contributed by atoms with Crippen LogP contribution in [0.15, 0.2) is 29.1 Å². The molecule has 0 aliphatic rings. The van der Waals surface area contributed by atoms with Crippen LogP contribution in [0.4, 0.5) is 10.1 Å². The van der Waals surface area contributed by atoms with Crippen LogP contribution in [0.5, 0.6) is 0 Å². The molecule has 2 aromatic rings. The zero-order valence-corrected chi connectivity index (χ0v) is 7.51. The smallest absolute Gasteiger partial charge is 0.146 e. The van der Waals surface area contributed by atoms with Crippen molar-refractivity contribution in [2.24, 2.45) is 0 Å². The fourth-order valence-corrected chi connectivity index (χ4v) is 1.60. The van der Waals surface area contributed by atoms with E-state index in [2.05, 4.69) is 4.98 Å². The van der Waals surface area contributed by atoms with Crippen LogP contribution in [-0.4, -0.2) is 4.98 Å². The SMILES string of the molecule is Nc1ccc(-c2cscn2)cc1F. The van der Waals surface area contributed by atoms with Crippen molar-refractivity contribution in [2.75, 3.05) is 5.73 Å². The van der Waals surface area contributed by atoms with Crippen molar-refractivity contribution in [3.8, 4) is 11.3 Å². The molecular weight excluding hydrogens is 187 g/mol. The van der Waals surface area contributed by atoms with Crippen LogP contribution < -0.4 is 5.73 Å². The number of nitrogen functional groups attached to an aromatic ring is 1. The first-order valence-electron chi connectivity index (χ1n) is 3.71. The van der Waals surface area contributed by atoms with Gasteiger partial charge in [0.1, 0.15) is 5.82 Å². The molecule has 0 bridgehead atoms. The summed E-state index contributed by atoms with van der Waals surface area (Å²) in [6.07, 6.45) is 0. The van der Waals surface area contributed by atoms with Gasteiger partial charge in [-0.15, -0.1) is 11.3 Å². The summed E-state index contributed by atoms with van der Waals surface area (Å²) in [5.74, 6) is -0.398. The molecule has 2 nitrogen and oxygen atoms in total. The number of nitrogens with two attached hydrogens (primary N) is 1. The molecule has 2 rings (SSSR count). The summed E-state index contributed by atoms with van der Waals surface area (Å²) in [5.41, 5.74) is 8.77. The molecule has 0 aliphatic carbocycles. The Kier molecular flexibility index (Phi) is 1.98. The van der Waals surface area contributed by atoms with Gasteiger partial charge in [0.25, 0.3) is 0 Å². The maximum atomic E-state index is 13.0. The van der Waals surface area contributed by atoms with Gasteiger partial charge >= 0.3 is 0 Å². The summed E-state index contributed by atoms with van der Waals surface area (Å²) in [4.78, 5) is 4.07. The van der Waals surface area contributed by atoms with Gasteiger partial charge in [0.15, 0.2) is 0 Å². The van der Waals surface area contributed by atoms with Crippen LogP contribution in [-0.2, 0) is 0 Å². The van der Waals surface area contributed by atoms with Gasteiger partial charge in [0, 0.05) is 10.9 Å². The van der Waals surface area contributed by atoms with Gasteiger partial charge in [-0.1, -0.05) is 6.07 Å². The third-order valence-electron chi connectivity index (χ3n) is 1.73. The Morgan fingerprint density at radius 3 is 2.85 bits per heavy atom. The molecule has 0 aliphatic heterocycles. The molecule has 0 saturated carbocycles. The molecule has 1 heterocycles. The quantitative estimate of drug-likeness (QED) is 0.708. The molecule has 0 spiro atoms. The first-order chi connectivity index (χ1) is 6.27. The second kappa shape index (κ2) is 3.14. The van der Waals surface area contributed by atoms with E-state index in [1.165, 1.54) is 17.4 Å². The Labute approximate surface area is 78.9 Å². The van der Waals surface area contributed by atoms with Crippen LogP contribution >= 0.6 is 11.3 Å². The van der Waals surface area contributed by atoms with E-state index in [1.54, 1.807) is 17.6 Å². The zero-order chi connectivity index (χ0) is 9.26. The third-order valence-corrected chi connectivity index (χ3v) is 2.32. The number of nitrogens with zero attached hydrogens (tertiary/aromatic N) is 1. The molecule has 1 aromatic carbocycles. The van der Waals surface area contributed by atoms with Crippen LogP contribution in [0.1, 0.15) is 0 Å². The summed E-state index contributed by atoms with van der Waals surface area (Å²) in [6.45, 7) is 0. The lowest BCUT2D eigenvalue weighted by atomic mass is 10.1. The minimum absolute atomic E-state index is 0.166. The molecule has 0 amide bonds. The molecule has 0 saturated heterocycles. The number of halogens is 1. The molecule has 4 heteroatoms. The van der Waals surface area contributed by atoms with Crippen LogP contribution in [0, 0.1) is 5.82 Å². The van der Waals surface area contributed by atoms with E-state index in [-0.39, 0.29) is 5.69 Å². The van der Waals surface area contributed by atoms with Gasteiger partial charge in [-0.3, -0.25) is 0 Å². The van der Waals surface area contributed by atoms with E-state index in [1.807, 2.05) is 5.38 Å². The summed E-state index contributed by atoms with van der Waals surface area (Å²) < 4.78 is 13.0. The topological polar surface area (TPSA) is 38.9 Å². The summed E-state index contributed by atoms with van der Waals surface area (Å²) >= 11 is 1.48. The van der Waals surface area contributed by atoms with Crippen molar-refractivity contribution in [3.63, 3.8) is 0 Å². The van der Waals surface area contributed by atoms with Crippen molar-refractivity contribution in [2.45, 2.75) is 0 Å². The standard InChI is InChI=1S/C9H7FN2S/c10-7-3-6(1-2-8(7)11)9-4-13-5-12-9/h1-5H,11H2. The Morgan fingerprint density at radius 1 is 1.38 bits per heavy atom. The molecule has 0 atom stereocenters. The van der Waals surface area contributed by atoms with Crippen molar-refractivity contribution in [3.05, 3.63) is 34.9 Å². The first-order valence-corrected chi connectivity index (χ1v) is 4.65. The molecule has 0 fully saturated rings. The predicted octanol–water partition coefficient (Wildman–Crippen LogP) is 2.53. The molecule has 1 aromatic heterocycles. The van der Waals surface area contributed by atoms with Gasteiger partial charge in [-0.2, -0.15) is 0 Å². The maximum Gasteiger partial charge on any atom is 0.146 e. The second-order valence-corrected chi connectivity index (χ2v) is 3.33. The van der Waals surface area contributed by atoms with E-state index < -0.39 is 5.82 Å². The molecule has 0 radical (unpaired) electrons. The maximum absolute atomic E-state index is 13.0. The number of hydrogen-bond donors (Lipinski definition) is 1. The summed E-state index contributed by atoms with van der Waals surface area (Å²) in [5, 5.41) is 1.87. The monoisotopic (exact) mass is 194 g/mol. The van der Waals surface area contributed by atoms with Gasteiger partial charge in [0.05, 0.1) is 16.9 Å². The number of hydrogen-bond acceptors (Lipinski definition) is 3. The Bertz CT molecular complexity index is 412. The molecule has 2 N–H and O–H groups in total. The fourth-order valence-electron chi connectivity index (χ4n) is 1.04. The van der Waals surface area contributed by atoms with Crippen LogP contribution in [0.3, 0.4) is 0 Å². The van der Waals surface area contributed by atoms with Gasteiger partial charge in [-0.25, -0.2) is 9.37 Å². The third kappa shape index (κ3) is 1.53. The molecule has 66 valence electrons. The number of anilines is 1. The van der Waals surface area contributed by atoms with Crippen molar-refractivity contribution in [1.29, 1.82) is 0 Å². The predicted molar refractivity (Wildman–Crippen MR) is 51.9 cm³/mol. The van der Waals surface area contributed by atoms with E-state index in [4.69, 9.17) is 5.73 Å². The Morgan fingerprint density at radius 2 is 2.23 bits per heavy atom. The highest BCUT2D eigenvalue weighted by Gasteiger charge is 2.03. The fraction of sp³-hybridized carbons (Fsp3) is 0. The number of rotatable bonds is 1. The lowest BCUT2D eigenvalue weighted by Crippen LogP contribution is -1.90. The summed E-state index contributed by atoms with van der Waals surface area (Å²) in [6, 6.07) is 4.70. The summed E-state index contributed by atoms with van der Waals surface area (Å²) in [7, 11) is 0. The van der Waals surface area contributed by atoms with E-state index >= 15 is 0 Å². The minimum atomic E-state index is -0.398. The van der Waals surface area contributed by atoms with E-state index in [0.29, 0.717) is 0 Å². The van der Waals surface area contributed by atoms with Gasteiger partial charge in [-0.05, 0) is 12.1 Å². The lowest BCUT2D eigenvalue weighted by Gasteiger charge is -1.99. The first kappa shape index (κ1) is 8.19. The molecular formula is C9H7FN2S. The van der Waals surface area contributed by atoms with Crippen LogP contribution in [0.25, 0.3) is 11.3 Å². The minimum Gasteiger partial charge on any atom is -0.396 e. The van der Waals surface area contributed by atoms with Gasteiger partial charge in [0.2, 0.25) is 0 Å². The Balaban J connectivity index is 2.49. The Hall–Kier alpha value is -1.42. The number of benzene rings is 1. The largest absolute Gasteiger partial charge is 0.396 e. The molecule has 0 unspecified atom stereocenters. The lowest BCUT2D eigenvalue weighted by molar-refractivity contribution is 0.633. The molecule has 13 heavy (non-hydrogen) atoms. The van der Waals surface area contributed by atoms with Crippen molar-refractivity contribution < 1.29 is 4.39 Å². The van der Waals surface area contributed by atoms with Crippen molar-refractivity contribution in [1.82, 2.24) is 4.98 Å². The normalized spacial score (nSPS) is 10.2. The zero-order valence-electron chi connectivity index (χ0n) is 6.70. The highest BCUT2D eigenvalue weighted by molar-refractivity contribution is 7.07. The highest BCUT2D eigenvalue weighted by atomic mass is 32.1.